The molecule has 1 amide bonds. The maximum absolute atomic E-state index is 13.2. The van der Waals surface area contributed by atoms with E-state index in [1.165, 1.54) is 30.3 Å². The Bertz CT molecular complexity index is 1370. The quantitative estimate of drug-likeness (QED) is 0.229. The zero-order valence-corrected chi connectivity index (χ0v) is 22.9. The number of nitro benzene ring substituents is 1. The van der Waals surface area contributed by atoms with Gasteiger partial charge in [-0.15, -0.1) is 0 Å². The molecule has 8 nitrogen and oxygen atoms in total. The van der Waals surface area contributed by atoms with Gasteiger partial charge in [-0.1, -0.05) is 47.7 Å². The summed E-state index contributed by atoms with van der Waals surface area (Å²) in [5.74, 6) is -0.473. The molecule has 3 aromatic rings. The first kappa shape index (κ1) is 28.2. The summed E-state index contributed by atoms with van der Waals surface area (Å²) in [6, 6.07) is 18.0. The Morgan fingerprint density at radius 1 is 1.03 bits per heavy atom. The summed E-state index contributed by atoms with van der Waals surface area (Å²) in [4.78, 5) is 26.5. The Morgan fingerprint density at radius 2 is 1.68 bits per heavy atom. The van der Waals surface area contributed by atoms with Crippen molar-refractivity contribution in [3.63, 3.8) is 0 Å². The number of rotatable bonds is 10. The van der Waals surface area contributed by atoms with E-state index < -0.39 is 31.0 Å². The summed E-state index contributed by atoms with van der Waals surface area (Å²) in [7, 11) is -3.84. The minimum absolute atomic E-state index is 0.102. The van der Waals surface area contributed by atoms with E-state index in [9.17, 15) is 23.3 Å². The van der Waals surface area contributed by atoms with Crippen LogP contribution in [-0.2, 0) is 9.84 Å². The van der Waals surface area contributed by atoms with E-state index in [1.807, 2.05) is 32.0 Å². The number of sulfone groups is 1. The van der Waals surface area contributed by atoms with Crippen molar-refractivity contribution in [2.24, 2.45) is 0 Å². The second-order valence-electron chi connectivity index (χ2n) is 8.60. The van der Waals surface area contributed by atoms with Crippen molar-refractivity contribution < 1.29 is 18.1 Å². The smallest absolute Gasteiger partial charge is 0.284 e. The van der Waals surface area contributed by atoms with Crippen LogP contribution in [0.5, 0.6) is 0 Å². The number of carbonyl (C=O) groups is 1. The third-order valence-electron chi connectivity index (χ3n) is 6.06. The lowest BCUT2D eigenvalue weighted by molar-refractivity contribution is -0.385. The molecular formula is C27H31N3O5S2. The van der Waals surface area contributed by atoms with Gasteiger partial charge in [0, 0.05) is 36.1 Å². The molecule has 0 aliphatic carbocycles. The van der Waals surface area contributed by atoms with Gasteiger partial charge in [-0.3, -0.25) is 14.9 Å². The highest BCUT2D eigenvalue weighted by atomic mass is 32.2. The van der Waals surface area contributed by atoms with Crippen LogP contribution >= 0.6 is 11.8 Å². The van der Waals surface area contributed by atoms with E-state index in [0.29, 0.717) is 5.69 Å². The van der Waals surface area contributed by atoms with Gasteiger partial charge in [-0.05, 0) is 63.6 Å². The average Bonchev–Trinajstić information content (AvgIpc) is 2.86. The number of anilines is 2. The van der Waals surface area contributed by atoms with Crippen LogP contribution in [0.15, 0.2) is 71.6 Å². The molecule has 0 aliphatic rings. The first-order valence-corrected chi connectivity index (χ1v) is 14.4. The van der Waals surface area contributed by atoms with Gasteiger partial charge in [0.05, 0.1) is 20.8 Å². The number of nitrogens with one attached hydrogen (secondary N) is 1. The van der Waals surface area contributed by atoms with Crippen LogP contribution in [0.25, 0.3) is 0 Å². The second-order valence-corrected chi connectivity index (χ2v) is 11.8. The van der Waals surface area contributed by atoms with Crippen LogP contribution in [0.1, 0.15) is 35.8 Å². The number of nitro groups is 1. The molecule has 0 spiro atoms. The van der Waals surface area contributed by atoms with Crippen molar-refractivity contribution >= 4 is 43.9 Å². The Kier molecular flexibility index (Phi) is 9.34. The third-order valence-corrected chi connectivity index (χ3v) is 9.05. The number of para-hydroxylation sites is 1. The van der Waals surface area contributed by atoms with Crippen molar-refractivity contribution in [1.29, 1.82) is 0 Å². The van der Waals surface area contributed by atoms with Crippen LogP contribution in [0.2, 0.25) is 0 Å². The van der Waals surface area contributed by atoms with E-state index in [-0.39, 0.29) is 16.1 Å². The largest absolute Gasteiger partial charge is 0.372 e. The molecule has 0 fully saturated rings. The van der Waals surface area contributed by atoms with Gasteiger partial charge in [0.15, 0.2) is 9.84 Å². The number of thioether (sulfide) groups is 1. The molecule has 1 unspecified atom stereocenters. The van der Waals surface area contributed by atoms with Crippen LogP contribution in [-0.4, -0.2) is 37.4 Å². The Hall–Kier alpha value is -3.37. The maximum atomic E-state index is 13.2. The molecule has 0 aromatic heterocycles. The second kappa shape index (κ2) is 12.2. The number of benzene rings is 3. The van der Waals surface area contributed by atoms with E-state index in [1.54, 1.807) is 18.2 Å². The van der Waals surface area contributed by atoms with E-state index in [0.717, 1.165) is 41.7 Å². The molecule has 0 saturated carbocycles. The average molecular weight is 542 g/mol. The van der Waals surface area contributed by atoms with E-state index in [4.69, 9.17) is 0 Å². The van der Waals surface area contributed by atoms with Crippen molar-refractivity contribution in [2.75, 3.05) is 29.1 Å². The fraction of sp³-hybridized carbons (Fsp3) is 0.296. The van der Waals surface area contributed by atoms with E-state index >= 15 is 0 Å². The summed E-state index contributed by atoms with van der Waals surface area (Å²) < 4.78 is 26.5. The number of hydrogen-bond donors (Lipinski definition) is 1. The molecule has 3 rings (SSSR count). The molecule has 0 aliphatic heterocycles. The van der Waals surface area contributed by atoms with Crippen LogP contribution < -0.4 is 10.2 Å². The van der Waals surface area contributed by atoms with Gasteiger partial charge in [-0.2, -0.15) is 0 Å². The van der Waals surface area contributed by atoms with Gasteiger partial charge in [0.2, 0.25) is 0 Å². The molecule has 10 heteroatoms. The standard InChI is InChI=1S/C27H31N3O5S2/c1-5-29(6-2)21-13-16-24(20(4)17-21)28-27(31)36-26(23-9-7-8-10-25(23)30(32)33)18-37(34,35)22-14-11-19(3)12-15-22/h7-17,26H,5-6,18H2,1-4H3,(H,28,31). The fourth-order valence-electron chi connectivity index (χ4n) is 4.00. The highest BCUT2D eigenvalue weighted by Crippen LogP contribution is 2.38. The zero-order valence-electron chi connectivity index (χ0n) is 21.3. The monoisotopic (exact) mass is 541 g/mol. The van der Waals surface area contributed by atoms with Crippen molar-refractivity contribution in [2.45, 2.75) is 37.8 Å². The summed E-state index contributed by atoms with van der Waals surface area (Å²) in [6.07, 6.45) is 0. The van der Waals surface area contributed by atoms with Gasteiger partial charge >= 0.3 is 0 Å². The lowest BCUT2D eigenvalue weighted by Gasteiger charge is -2.22. The summed E-state index contributed by atoms with van der Waals surface area (Å²) in [5, 5.41) is 13.0. The van der Waals surface area contributed by atoms with E-state index in [2.05, 4.69) is 24.1 Å². The third kappa shape index (κ3) is 7.11. The minimum atomic E-state index is -3.84. The predicted molar refractivity (Wildman–Crippen MR) is 150 cm³/mol. The Labute approximate surface area is 222 Å². The molecule has 0 bridgehead atoms. The van der Waals surface area contributed by atoms with Crippen molar-refractivity contribution in [3.05, 3.63) is 93.5 Å². The van der Waals surface area contributed by atoms with Gasteiger partial charge in [0.25, 0.3) is 10.9 Å². The summed E-state index contributed by atoms with van der Waals surface area (Å²) in [6.45, 7) is 9.57. The van der Waals surface area contributed by atoms with Crippen LogP contribution in [0.3, 0.4) is 0 Å². The number of amides is 1. The van der Waals surface area contributed by atoms with Crippen LogP contribution in [0, 0.1) is 24.0 Å². The van der Waals surface area contributed by atoms with Crippen molar-refractivity contribution in [1.82, 2.24) is 0 Å². The Morgan fingerprint density at radius 3 is 2.27 bits per heavy atom. The molecule has 3 aromatic carbocycles. The number of hydrogen-bond acceptors (Lipinski definition) is 7. The highest BCUT2D eigenvalue weighted by Gasteiger charge is 2.30. The SMILES string of the molecule is CCN(CC)c1ccc(NC(=O)SC(CS(=O)(=O)c2ccc(C)cc2)c2ccccc2[N+](=O)[O-])c(C)c1. The number of aryl methyl sites for hydroxylation is 2. The minimum Gasteiger partial charge on any atom is -0.372 e. The lowest BCUT2D eigenvalue weighted by atomic mass is 10.1. The van der Waals surface area contributed by atoms with Gasteiger partial charge in [-0.25, -0.2) is 8.42 Å². The molecule has 0 radical (unpaired) electrons. The molecule has 37 heavy (non-hydrogen) atoms. The maximum Gasteiger partial charge on any atom is 0.284 e. The predicted octanol–water partition coefficient (Wildman–Crippen LogP) is 6.54. The molecule has 1 N–H and O–H groups in total. The summed E-state index contributed by atoms with van der Waals surface area (Å²) >= 11 is 0.733. The zero-order chi connectivity index (χ0) is 27.2. The Balaban J connectivity index is 1.90. The molecule has 0 heterocycles. The fourth-order valence-corrected chi connectivity index (χ4v) is 6.88. The number of nitrogens with zero attached hydrogens (tertiary/aromatic N) is 2. The highest BCUT2D eigenvalue weighted by molar-refractivity contribution is 8.14. The first-order valence-electron chi connectivity index (χ1n) is 11.9. The van der Waals surface area contributed by atoms with Gasteiger partial charge < -0.3 is 10.2 Å². The first-order chi connectivity index (χ1) is 17.6. The molecule has 0 saturated heterocycles. The van der Waals surface area contributed by atoms with Gasteiger partial charge in [0.1, 0.15) is 0 Å². The molecule has 196 valence electrons. The summed E-state index contributed by atoms with van der Waals surface area (Å²) in [5.41, 5.74) is 3.34. The topological polar surface area (TPSA) is 110 Å². The molecule has 1 atom stereocenters. The normalized spacial score (nSPS) is 12.1. The number of carbonyl (C=O) groups excluding carboxylic acids is 1. The van der Waals surface area contributed by atoms with Crippen molar-refractivity contribution in [3.8, 4) is 0 Å². The molecular weight excluding hydrogens is 510 g/mol. The van der Waals surface area contributed by atoms with Crippen LogP contribution in [0.4, 0.5) is 21.9 Å². The lowest BCUT2D eigenvalue weighted by Crippen LogP contribution is -2.22.